The quantitative estimate of drug-likeness (QED) is 0.636. The predicted molar refractivity (Wildman–Crippen MR) is 104 cm³/mol. The van der Waals surface area contributed by atoms with Crippen LogP contribution in [0, 0.1) is 5.82 Å². The topological polar surface area (TPSA) is 64.8 Å². The molecule has 0 N–H and O–H groups in total. The molecule has 2 aromatic carbocycles. The summed E-state index contributed by atoms with van der Waals surface area (Å²) >= 11 is 0. The molecule has 1 atom stereocenters. The van der Waals surface area contributed by atoms with E-state index in [-0.39, 0.29) is 29.0 Å². The van der Waals surface area contributed by atoms with Crippen LogP contribution < -0.4 is 9.47 Å². The number of hydrogen-bond acceptors (Lipinski definition) is 5. The average Bonchev–Trinajstić information content (AvgIpc) is 3.43. The standard InChI is InChI=1S/C22H21FN2O4/c1-27-14-9-10-20(28-2)16(12-14)19-8-5-11-25(19)22(26)18-13-21(29-24-18)15-6-3-4-7-17(15)23/h3-4,6-7,9-10,12-13,19H,5,8,11H2,1-2H3. The molecular weight excluding hydrogens is 375 g/mol. The molecule has 1 aromatic heterocycles. The van der Waals surface area contributed by atoms with Gasteiger partial charge in [0.15, 0.2) is 11.5 Å². The molecule has 1 aliphatic rings. The maximum Gasteiger partial charge on any atom is 0.276 e. The summed E-state index contributed by atoms with van der Waals surface area (Å²) in [7, 11) is 3.20. The number of hydrogen-bond donors (Lipinski definition) is 0. The van der Waals surface area contributed by atoms with E-state index in [0.29, 0.717) is 18.0 Å². The van der Waals surface area contributed by atoms with Gasteiger partial charge in [0.05, 0.1) is 25.8 Å². The number of ether oxygens (including phenoxy) is 2. The van der Waals surface area contributed by atoms with Gasteiger partial charge in [0.25, 0.3) is 5.91 Å². The second kappa shape index (κ2) is 7.95. The minimum Gasteiger partial charge on any atom is -0.497 e. The van der Waals surface area contributed by atoms with Gasteiger partial charge >= 0.3 is 0 Å². The van der Waals surface area contributed by atoms with E-state index in [4.69, 9.17) is 14.0 Å². The second-order valence-corrected chi connectivity index (χ2v) is 6.82. The summed E-state index contributed by atoms with van der Waals surface area (Å²) in [6.07, 6.45) is 1.65. The molecule has 3 aromatic rings. The van der Waals surface area contributed by atoms with Crippen LogP contribution in [0.15, 0.2) is 53.1 Å². The van der Waals surface area contributed by atoms with Crippen molar-refractivity contribution in [1.29, 1.82) is 0 Å². The molecule has 150 valence electrons. The van der Waals surface area contributed by atoms with Crippen LogP contribution in [-0.4, -0.2) is 36.7 Å². The highest BCUT2D eigenvalue weighted by molar-refractivity contribution is 5.93. The summed E-state index contributed by atoms with van der Waals surface area (Å²) in [4.78, 5) is 14.9. The molecule has 2 heterocycles. The van der Waals surface area contributed by atoms with E-state index in [0.717, 1.165) is 18.4 Å². The van der Waals surface area contributed by atoms with Crippen molar-refractivity contribution in [3.63, 3.8) is 0 Å². The summed E-state index contributed by atoms with van der Waals surface area (Å²) in [6.45, 7) is 0.589. The fourth-order valence-electron chi connectivity index (χ4n) is 3.74. The Hall–Kier alpha value is -3.35. The number of likely N-dealkylation sites (tertiary alicyclic amines) is 1. The zero-order valence-corrected chi connectivity index (χ0v) is 16.2. The fraction of sp³-hybridized carbons (Fsp3) is 0.273. The van der Waals surface area contributed by atoms with Crippen molar-refractivity contribution < 1.29 is 23.2 Å². The van der Waals surface area contributed by atoms with E-state index >= 15 is 0 Å². The zero-order valence-electron chi connectivity index (χ0n) is 16.2. The highest BCUT2D eigenvalue weighted by Gasteiger charge is 2.34. The number of benzene rings is 2. The number of rotatable bonds is 5. The van der Waals surface area contributed by atoms with Gasteiger partial charge in [-0.15, -0.1) is 0 Å². The first-order chi connectivity index (χ1) is 14.1. The molecule has 0 spiro atoms. The van der Waals surface area contributed by atoms with Crippen LogP contribution >= 0.6 is 0 Å². The largest absolute Gasteiger partial charge is 0.497 e. The molecule has 6 nitrogen and oxygen atoms in total. The minimum atomic E-state index is -0.428. The first-order valence-electron chi connectivity index (χ1n) is 9.37. The molecule has 0 aliphatic carbocycles. The smallest absolute Gasteiger partial charge is 0.276 e. The zero-order chi connectivity index (χ0) is 20.4. The van der Waals surface area contributed by atoms with Crippen LogP contribution in [0.1, 0.15) is 34.9 Å². The lowest BCUT2D eigenvalue weighted by Gasteiger charge is -2.26. The second-order valence-electron chi connectivity index (χ2n) is 6.82. The van der Waals surface area contributed by atoms with Crippen LogP contribution in [0.2, 0.25) is 0 Å². The van der Waals surface area contributed by atoms with Gasteiger partial charge < -0.3 is 18.9 Å². The van der Waals surface area contributed by atoms with Gasteiger partial charge in [-0.3, -0.25) is 4.79 Å². The SMILES string of the molecule is COc1ccc(OC)c(C2CCCN2C(=O)c2cc(-c3ccccc3F)on2)c1. The molecule has 0 radical (unpaired) electrons. The van der Waals surface area contributed by atoms with Gasteiger partial charge in [-0.25, -0.2) is 4.39 Å². The first kappa shape index (κ1) is 19.0. The Bertz CT molecular complexity index is 1030. The lowest BCUT2D eigenvalue weighted by atomic mass is 10.0. The van der Waals surface area contributed by atoms with E-state index in [1.54, 1.807) is 37.3 Å². The van der Waals surface area contributed by atoms with E-state index in [1.807, 2.05) is 18.2 Å². The van der Waals surface area contributed by atoms with Crippen LogP contribution in [-0.2, 0) is 0 Å². The van der Waals surface area contributed by atoms with Crippen molar-refractivity contribution in [2.75, 3.05) is 20.8 Å². The highest BCUT2D eigenvalue weighted by Crippen LogP contribution is 2.39. The first-order valence-corrected chi connectivity index (χ1v) is 9.37. The number of amides is 1. The minimum absolute atomic E-state index is 0.150. The van der Waals surface area contributed by atoms with Crippen LogP contribution in [0.5, 0.6) is 11.5 Å². The van der Waals surface area contributed by atoms with Crippen LogP contribution in [0.4, 0.5) is 4.39 Å². The maximum atomic E-state index is 14.0. The summed E-state index contributed by atoms with van der Waals surface area (Å²) in [6, 6.07) is 13.1. The van der Waals surface area contributed by atoms with Crippen LogP contribution in [0.3, 0.4) is 0 Å². The number of methoxy groups -OCH3 is 2. The third-order valence-electron chi connectivity index (χ3n) is 5.18. The molecule has 1 aliphatic heterocycles. The third-order valence-corrected chi connectivity index (χ3v) is 5.18. The normalized spacial score (nSPS) is 16.1. The fourth-order valence-corrected chi connectivity index (χ4v) is 3.74. The number of carbonyl (C=O) groups is 1. The predicted octanol–water partition coefficient (Wildman–Crippen LogP) is 4.48. The van der Waals surface area contributed by atoms with Crippen molar-refractivity contribution in [2.24, 2.45) is 0 Å². The molecular formula is C22H21FN2O4. The molecule has 29 heavy (non-hydrogen) atoms. The number of carbonyl (C=O) groups excluding carboxylic acids is 1. The van der Waals surface area contributed by atoms with Crippen molar-refractivity contribution in [2.45, 2.75) is 18.9 Å². The highest BCUT2D eigenvalue weighted by atomic mass is 19.1. The van der Waals surface area contributed by atoms with Crippen molar-refractivity contribution in [1.82, 2.24) is 10.1 Å². The Morgan fingerprint density at radius 1 is 1.17 bits per heavy atom. The number of aromatic nitrogens is 1. The summed E-state index contributed by atoms with van der Waals surface area (Å²) in [5.74, 6) is 0.929. The van der Waals surface area contributed by atoms with E-state index in [9.17, 15) is 9.18 Å². The van der Waals surface area contributed by atoms with E-state index in [2.05, 4.69) is 5.16 Å². The Labute approximate surface area is 167 Å². The van der Waals surface area contributed by atoms with Gasteiger partial charge in [0.1, 0.15) is 17.3 Å². The van der Waals surface area contributed by atoms with Gasteiger partial charge in [0, 0.05) is 18.2 Å². The molecule has 7 heteroatoms. The Morgan fingerprint density at radius 2 is 2.00 bits per heavy atom. The molecule has 4 rings (SSSR count). The monoisotopic (exact) mass is 396 g/mol. The average molecular weight is 396 g/mol. The molecule has 1 amide bonds. The van der Waals surface area contributed by atoms with Crippen LogP contribution in [0.25, 0.3) is 11.3 Å². The molecule has 1 saturated heterocycles. The van der Waals surface area contributed by atoms with E-state index < -0.39 is 5.82 Å². The van der Waals surface area contributed by atoms with Crippen molar-refractivity contribution in [3.05, 3.63) is 65.6 Å². The van der Waals surface area contributed by atoms with Crippen molar-refractivity contribution in [3.8, 4) is 22.8 Å². The number of halogens is 1. The molecule has 1 fully saturated rings. The Balaban J connectivity index is 1.63. The van der Waals surface area contributed by atoms with Gasteiger partial charge in [-0.1, -0.05) is 17.3 Å². The maximum absolute atomic E-state index is 14.0. The summed E-state index contributed by atoms with van der Waals surface area (Å²) in [5.41, 5.74) is 1.30. The van der Waals surface area contributed by atoms with E-state index in [1.165, 1.54) is 12.1 Å². The third kappa shape index (κ3) is 3.55. The molecule has 0 saturated carbocycles. The van der Waals surface area contributed by atoms with Crippen molar-refractivity contribution >= 4 is 5.91 Å². The molecule has 1 unspecified atom stereocenters. The van der Waals surface area contributed by atoms with Gasteiger partial charge in [0.2, 0.25) is 0 Å². The lowest BCUT2D eigenvalue weighted by Crippen LogP contribution is -2.31. The summed E-state index contributed by atoms with van der Waals surface area (Å²) in [5, 5.41) is 3.89. The number of nitrogens with zero attached hydrogens (tertiary/aromatic N) is 2. The Morgan fingerprint density at radius 3 is 2.76 bits per heavy atom. The Kier molecular flexibility index (Phi) is 5.20. The van der Waals surface area contributed by atoms with Gasteiger partial charge in [-0.2, -0.15) is 0 Å². The lowest BCUT2D eigenvalue weighted by molar-refractivity contribution is 0.0723. The molecule has 0 bridgehead atoms. The summed E-state index contributed by atoms with van der Waals surface area (Å²) < 4.78 is 30.1. The van der Waals surface area contributed by atoms with Gasteiger partial charge in [-0.05, 0) is 43.2 Å².